The smallest absolute Gasteiger partial charge is 0.222 e. The molecule has 2 amide bonds. The molecule has 0 rings (SSSR count). The number of hydrogen-bond donors (Lipinski definition) is 2. The monoisotopic (exact) mass is 279 g/mol. The van der Waals surface area contributed by atoms with Crippen LogP contribution in [0.1, 0.15) is 33.1 Å². The van der Waals surface area contributed by atoms with Crippen LogP contribution in [0.15, 0.2) is 0 Å². The molecule has 18 heavy (non-hydrogen) atoms. The lowest BCUT2D eigenvalue weighted by Gasteiger charge is -2.18. The summed E-state index contributed by atoms with van der Waals surface area (Å²) in [7, 11) is 1.84. The zero-order valence-electron chi connectivity index (χ0n) is 11.6. The molecular weight excluding hydrogens is 254 g/mol. The Bertz CT molecular complexity index is 233. The molecule has 0 radical (unpaired) electrons. The number of carbonyl (C=O) groups excluding carboxylic acids is 2. The summed E-state index contributed by atoms with van der Waals surface area (Å²) in [6.45, 7) is 6.81. The van der Waals surface area contributed by atoms with E-state index in [4.69, 9.17) is 0 Å². The molecule has 6 heteroatoms. The zero-order chi connectivity index (χ0) is 13.1. The molecule has 0 saturated carbocycles. The Balaban J connectivity index is 0. The first-order valence-electron chi connectivity index (χ1n) is 6.34. The molecule has 0 aliphatic heterocycles. The van der Waals surface area contributed by atoms with Gasteiger partial charge < -0.3 is 15.5 Å². The van der Waals surface area contributed by atoms with Gasteiger partial charge in [0.25, 0.3) is 0 Å². The first kappa shape index (κ1) is 19.5. The van der Waals surface area contributed by atoms with Crippen molar-refractivity contribution >= 4 is 24.2 Å². The second-order valence-corrected chi connectivity index (χ2v) is 3.87. The maximum Gasteiger partial charge on any atom is 0.222 e. The van der Waals surface area contributed by atoms with Crippen LogP contribution in [0.5, 0.6) is 0 Å². The summed E-state index contributed by atoms with van der Waals surface area (Å²) >= 11 is 0. The topological polar surface area (TPSA) is 61.4 Å². The lowest BCUT2D eigenvalue weighted by atomic mass is 10.2. The van der Waals surface area contributed by atoms with E-state index in [-0.39, 0.29) is 24.2 Å². The van der Waals surface area contributed by atoms with Crippen LogP contribution in [-0.2, 0) is 9.59 Å². The SMILES string of the molecule is CCN(CC)C(=O)CCCC(=O)NCCNC.Cl. The Morgan fingerprint density at radius 2 is 1.67 bits per heavy atom. The van der Waals surface area contributed by atoms with E-state index in [2.05, 4.69) is 10.6 Å². The highest BCUT2D eigenvalue weighted by atomic mass is 35.5. The van der Waals surface area contributed by atoms with E-state index >= 15 is 0 Å². The van der Waals surface area contributed by atoms with E-state index < -0.39 is 0 Å². The molecule has 0 atom stereocenters. The van der Waals surface area contributed by atoms with Gasteiger partial charge in [-0.3, -0.25) is 9.59 Å². The van der Waals surface area contributed by atoms with Gasteiger partial charge in [-0.05, 0) is 27.3 Å². The summed E-state index contributed by atoms with van der Waals surface area (Å²) in [5.41, 5.74) is 0. The molecule has 5 nitrogen and oxygen atoms in total. The highest BCUT2D eigenvalue weighted by molar-refractivity contribution is 5.85. The van der Waals surface area contributed by atoms with Gasteiger partial charge in [0.1, 0.15) is 0 Å². The van der Waals surface area contributed by atoms with E-state index in [1.165, 1.54) is 0 Å². The minimum atomic E-state index is 0. The van der Waals surface area contributed by atoms with Crippen molar-refractivity contribution < 1.29 is 9.59 Å². The van der Waals surface area contributed by atoms with E-state index in [1.54, 1.807) is 4.90 Å². The molecule has 0 fully saturated rings. The van der Waals surface area contributed by atoms with E-state index in [9.17, 15) is 9.59 Å². The normalized spacial score (nSPS) is 9.50. The van der Waals surface area contributed by atoms with Crippen molar-refractivity contribution in [2.45, 2.75) is 33.1 Å². The molecule has 0 heterocycles. The first-order valence-corrected chi connectivity index (χ1v) is 6.34. The molecule has 108 valence electrons. The molecule has 0 aliphatic rings. The van der Waals surface area contributed by atoms with Crippen molar-refractivity contribution in [1.29, 1.82) is 0 Å². The van der Waals surface area contributed by atoms with Gasteiger partial charge in [-0.2, -0.15) is 0 Å². The molecule has 0 saturated heterocycles. The Morgan fingerprint density at radius 1 is 1.06 bits per heavy atom. The van der Waals surface area contributed by atoms with Crippen LogP contribution in [0.3, 0.4) is 0 Å². The fourth-order valence-electron chi connectivity index (χ4n) is 1.55. The lowest BCUT2D eigenvalue weighted by Crippen LogP contribution is -2.32. The molecule has 0 bridgehead atoms. The largest absolute Gasteiger partial charge is 0.355 e. The highest BCUT2D eigenvalue weighted by Gasteiger charge is 2.09. The van der Waals surface area contributed by atoms with Crippen LogP contribution in [0.4, 0.5) is 0 Å². The van der Waals surface area contributed by atoms with Crippen molar-refractivity contribution in [3.63, 3.8) is 0 Å². The summed E-state index contributed by atoms with van der Waals surface area (Å²) in [5, 5.41) is 5.74. The fraction of sp³-hybridized carbons (Fsp3) is 0.833. The van der Waals surface area contributed by atoms with Gasteiger partial charge in [0.15, 0.2) is 0 Å². The Labute approximate surface area is 116 Å². The van der Waals surface area contributed by atoms with Gasteiger partial charge in [0.05, 0.1) is 0 Å². The number of rotatable bonds is 9. The summed E-state index contributed by atoms with van der Waals surface area (Å²) in [5.74, 6) is 0.158. The van der Waals surface area contributed by atoms with Crippen molar-refractivity contribution in [2.24, 2.45) is 0 Å². The average Bonchev–Trinajstić information content (AvgIpc) is 2.31. The zero-order valence-corrected chi connectivity index (χ0v) is 12.4. The number of halogens is 1. The van der Waals surface area contributed by atoms with E-state index in [0.717, 1.165) is 19.6 Å². The molecule has 0 aromatic rings. The van der Waals surface area contributed by atoms with E-state index in [0.29, 0.717) is 25.8 Å². The Hall–Kier alpha value is -0.810. The third-order valence-electron chi connectivity index (χ3n) is 2.61. The van der Waals surface area contributed by atoms with Crippen molar-refractivity contribution in [3.8, 4) is 0 Å². The van der Waals surface area contributed by atoms with Crippen LogP contribution in [-0.4, -0.2) is 49.9 Å². The molecule has 0 aromatic heterocycles. The minimum absolute atomic E-state index is 0. The van der Waals surface area contributed by atoms with Crippen molar-refractivity contribution in [1.82, 2.24) is 15.5 Å². The maximum absolute atomic E-state index is 11.6. The predicted octanol–water partition coefficient (Wildman–Crippen LogP) is 0.782. The van der Waals surface area contributed by atoms with Crippen molar-refractivity contribution in [3.05, 3.63) is 0 Å². The van der Waals surface area contributed by atoms with Crippen LogP contribution in [0.25, 0.3) is 0 Å². The number of likely N-dealkylation sites (N-methyl/N-ethyl adjacent to an activating group) is 1. The van der Waals surface area contributed by atoms with Gasteiger partial charge in [-0.15, -0.1) is 12.4 Å². The molecule has 0 spiro atoms. The van der Waals surface area contributed by atoms with Gasteiger partial charge in [0.2, 0.25) is 11.8 Å². The minimum Gasteiger partial charge on any atom is -0.355 e. The van der Waals surface area contributed by atoms with Gasteiger partial charge in [-0.1, -0.05) is 0 Å². The maximum atomic E-state index is 11.6. The summed E-state index contributed by atoms with van der Waals surface area (Å²) in [6, 6.07) is 0. The van der Waals surface area contributed by atoms with Gasteiger partial charge in [-0.25, -0.2) is 0 Å². The Morgan fingerprint density at radius 3 is 2.17 bits per heavy atom. The van der Waals surface area contributed by atoms with E-state index in [1.807, 2.05) is 20.9 Å². The predicted molar refractivity (Wildman–Crippen MR) is 76.0 cm³/mol. The molecular formula is C12H26ClN3O2. The third-order valence-corrected chi connectivity index (χ3v) is 2.61. The highest BCUT2D eigenvalue weighted by Crippen LogP contribution is 2.00. The number of nitrogens with one attached hydrogen (secondary N) is 2. The second-order valence-electron chi connectivity index (χ2n) is 3.87. The Kier molecular flexibility index (Phi) is 13.7. The number of hydrogen-bond acceptors (Lipinski definition) is 3. The first-order chi connectivity index (χ1) is 8.15. The third kappa shape index (κ3) is 9.24. The molecule has 0 unspecified atom stereocenters. The number of amides is 2. The van der Waals surface area contributed by atoms with Crippen LogP contribution in [0, 0.1) is 0 Å². The van der Waals surface area contributed by atoms with Crippen molar-refractivity contribution in [2.75, 3.05) is 33.2 Å². The number of nitrogens with zero attached hydrogens (tertiary/aromatic N) is 1. The second kappa shape index (κ2) is 12.6. The molecule has 0 aromatic carbocycles. The lowest BCUT2D eigenvalue weighted by molar-refractivity contribution is -0.131. The molecule has 2 N–H and O–H groups in total. The number of carbonyl (C=O) groups is 2. The van der Waals surface area contributed by atoms with Gasteiger partial charge >= 0.3 is 0 Å². The summed E-state index contributed by atoms with van der Waals surface area (Å²) in [6.07, 6.45) is 1.51. The summed E-state index contributed by atoms with van der Waals surface area (Å²) < 4.78 is 0. The van der Waals surface area contributed by atoms with Crippen LogP contribution >= 0.6 is 12.4 Å². The molecule has 0 aliphatic carbocycles. The quantitative estimate of drug-likeness (QED) is 0.613. The standard InChI is InChI=1S/C12H25N3O2.ClH/c1-4-15(5-2)12(17)8-6-7-11(16)14-10-9-13-3;/h13H,4-10H2,1-3H3,(H,14,16);1H. The average molecular weight is 280 g/mol. The van der Waals surface area contributed by atoms with Gasteiger partial charge in [0, 0.05) is 39.0 Å². The fourth-order valence-corrected chi connectivity index (χ4v) is 1.55. The summed E-state index contributed by atoms with van der Waals surface area (Å²) in [4.78, 5) is 24.8. The van der Waals surface area contributed by atoms with Crippen LogP contribution < -0.4 is 10.6 Å². The van der Waals surface area contributed by atoms with Crippen LogP contribution in [0.2, 0.25) is 0 Å².